The fourth-order valence-electron chi connectivity index (χ4n) is 5.53. The van der Waals surface area contributed by atoms with Crippen LogP contribution in [0.5, 0.6) is 0 Å². The number of halogens is 1. The maximum atomic E-state index is 14.6. The minimum atomic E-state index is -1.95. The van der Waals surface area contributed by atoms with Gasteiger partial charge in [-0.3, -0.25) is 9.59 Å². The van der Waals surface area contributed by atoms with Gasteiger partial charge >= 0.3 is 5.97 Å². The number of rotatable bonds is 4. The molecule has 1 fully saturated rings. The van der Waals surface area contributed by atoms with Crippen molar-refractivity contribution in [3.63, 3.8) is 0 Å². The van der Waals surface area contributed by atoms with Crippen molar-refractivity contribution >= 4 is 22.8 Å². The van der Waals surface area contributed by atoms with Crippen molar-refractivity contribution in [2.24, 2.45) is 0 Å². The molecule has 1 amide bonds. The second-order valence-corrected chi connectivity index (χ2v) is 9.94. The first-order chi connectivity index (χ1) is 18.2. The third-order valence-corrected chi connectivity index (χ3v) is 7.76. The third-order valence-electron chi connectivity index (χ3n) is 7.76. The molecule has 0 aliphatic carbocycles. The number of hydrogen-bond acceptors (Lipinski definition) is 8. The van der Waals surface area contributed by atoms with Crippen molar-refractivity contribution in [1.82, 2.24) is 20.2 Å². The van der Waals surface area contributed by atoms with E-state index in [9.17, 15) is 23.9 Å². The molecule has 0 saturated carbocycles. The zero-order chi connectivity index (χ0) is 26.8. The third kappa shape index (κ3) is 3.64. The fraction of sp³-hybridized carbons (Fsp3) is 0.407. The van der Waals surface area contributed by atoms with Crippen molar-refractivity contribution in [2.45, 2.75) is 51.6 Å². The van der Waals surface area contributed by atoms with Gasteiger partial charge in [-0.25, -0.2) is 14.2 Å². The van der Waals surface area contributed by atoms with Gasteiger partial charge < -0.3 is 29.8 Å². The predicted molar refractivity (Wildman–Crippen MR) is 134 cm³/mol. The minimum Gasteiger partial charge on any atom is -0.458 e. The van der Waals surface area contributed by atoms with E-state index in [1.807, 2.05) is 0 Å². The summed E-state index contributed by atoms with van der Waals surface area (Å²) in [5, 5.41) is 17.9. The number of morpholine rings is 1. The Hall–Kier alpha value is -3.67. The fourth-order valence-corrected chi connectivity index (χ4v) is 5.53. The lowest BCUT2D eigenvalue weighted by Gasteiger charge is -2.31. The number of esters is 1. The highest BCUT2D eigenvalue weighted by Gasteiger charge is 2.45. The normalized spacial score (nSPS) is 22.0. The molecule has 3 N–H and O–H groups in total. The molecular formula is C27H27FN4O6. The van der Waals surface area contributed by atoms with Crippen LogP contribution in [0.15, 0.2) is 23.0 Å². The molecule has 3 aliphatic rings. The molecule has 5 heterocycles. The summed E-state index contributed by atoms with van der Waals surface area (Å²) in [5.74, 6) is -1.45. The average Bonchev–Trinajstić information content (AvgIpc) is 3.29. The molecule has 11 heteroatoms. The number of ether oxygens (including phenoxy) is 2. The molecular weight excluding hydrogens is 495 g/mol. The monoisotopic (exact) mass is 522 g/mol. The number of carbonyl (C=O) groups excluding carboxylic acids is 2. The Bertz CT molecular complexity index is 1580. The number of nitrogens with zero attached hydrogens (tertiary/aromatic N) is 2. The van der Waals surface area contributed by atoms with Crippen molar-refractivity contribution < 1.29 is 28.6 Å². The van der Waals surface area contributed by atoms with Crippen LogP contribution in [0.25, 0.3) is 22.3 Å². The maximum absolute atomic E-state index is 14.6. The Morgan fingerprint density at radius 3 is 2.87 bits per heavy atom. The van der Waals surface area contributed by atoms with Crippen LogP contribution in [-0.4, -0.2) is 52.3 Å². The van der Waals surface area contributed by atoms with E-state index in [-0.39, 0.29) is 55.3 Å². The molecule has 6 rings (SSSR count). The van der Waals surface area contributed by atoms with E-state index >= 15 is 0 Å². The van der Waals surface area contributed by atoms with E-state index in [0.29, 0.717) is 46.6 Å². The molecule has 0 unspecified atom stereocenters. The summed E-state index contributed by atoms with van der Waals surface area (Å²) < 4.78 is 26.7. The summed E-state index contributed by atoms with van der Waals surface area (Å²) in [6, 6.07) is 4.16. The number of aliphatic hydroxyl groups is 1. The van der Waals surface area contributed by atoms with E-state index in [4.69, 9.17) is 14.5 Å². The Labute approximate surface area is 216 Å². The standard InChI is InChI=1S/C27H27FN4O6/c1-3-27(36)18-7-22-23-16(10-32(22)25(34)17(18)11-38-26(27)35)15(9-30-24(33)21-12-37-5-4-29-21)14-6-13(2)19(28)8-20(14)31-23/h6-8,21,29,36H,3-5,9-12H2,1-2H3,(H,30,33)/t21-,27-/m0/s1. The second kappa shape index (κ2) is 8.97. The number of carbonyl (C=O) groups is 2. The van der Waals surface area contributed by atoms with Gasteiger partial charge in [-0.15, -0.1) is 0 Å². The van der Waals surface area contributed by atoms with Crippen LogP contribution in [0, 0.1) is 12.7 Å². The molecule has 38 heavy (non-hydrogen) atoms. The molecule has 198 valence electrons. The molecule has 3 aromatic rings. The highest BCUT2D eigenvalue weighted by molar-refractivity contribution is 5.90. The van der Waals surface area contributed by atoms with Crippen LogP contribution in [-0.2, 0) is 44.4 Å². The number of pyridine rings is 2. The first-order valence-electron chi connectivity index (χ1n) is 12.6. The Balaban J connectivity index is 1.50. The first-order valence-corrected chi connectivity index (χ1v) is 12.6. The van der Waals surface area contributed by atoms with Gasteiger partial charge in [-0.2, -0.15) is 0 Å². The van der Waals surface area contributed by atoms with Gasteiger partial charge in [0.2, 0.25) is 5.91 Å². The topological polar surface area (TPSA) is 132 Å². The number of amides is 1. The number of nitrogens with one attached hydrogen (secondary N) is 2. The summed E-state index contributed by atoms with van der Waals surface area (Å²) in [5.41, 5.74) is 1.19. The largest absolute Gasteiger partial charge is 0.458 e. The summed E-state index contributed by atoms with van der Waals surface area (Å²) in [7, 11) is 0. The molecule has 0 spiro atoms. The Morgan fingerprint density at radius 1 is 1.32 bits per heavy atom. The zero-order valence-electron chi connectivity index (χ0n) is 21.0. The van der Waals surface area contributed by atoms with Gasteiger partial charge in [-0.05, 0) is 36.6 Å². The lowest BCUT2D eigenvalue weighted by atomic mass is 9.86. The van der Waals surface area contributed by atoms with Crippen LogP contribution >= 0.6 is 0 Å². The molecule has 2 atom stereocenters. The number of aryl methyl sites for hydroxylation is 1. The lowest BCUT2D eigenvalue weighted by molar-refractivity contribution is -0.172. The number of hydrogen-bond donors (Lipinski definition) is 3. The summed E-state index contributed by atoms with van der Waals surface area (Å²) in [4.78, 5) is 43.6. The Kier molecular flexibility index (Phi) is 5.82. The van der Waals surface area contributed by atoms with Crippen molar-refractivity contribution in [2.75, 3.05) is 19.8 Å². The summed E-state index contributed by atoms with van der Waals surface area (Å²) in [6.07, 6.45) is 0.0282. The SMILES string of the molecule is CC[C@@]1(O)C(=O)OCc2c1cc1n(c2=O)Cc2c-1nc1cc(F)c(C)cc1c2CNC(=O)[C@@H]1COCCN1. The van der Waals surface area contributed by atoms with Gasteiger partial charge in [0.15, 0.2) is 5.60 Å². The maximum Gasteiger partial charge on any atom is 0.343 e. The van der Waals surface area contributed by atoms with Crippen LogP contribution in [0.2, 0.25) is 0 Å². The van der Waals surface area contributed by atoms with Gasteiger partial charge in [0.1, 0.15) is 18.5 Å². The molecule has 1 aromatic carbocycles. The van der Waals surface area contributed by atoms with Crippen molar-refractivity contribution in [3.05, 3.63) is 62.2 Å². The van der Waals surface area contributed by atoms with Crippen molar-refractivity contribution in [3.8, 4) is 11.4 Å². The highest BCUT2D eigenvalue weighted by Crippen LogP contribution is 2.40. The average molecular weight is 523 g/mol. The number of fused-ring (bicyclic) bond motifs is 5. The predicted octanol–water partition coefficient (Wildman–Crippen LogP) is 1.13. The van der Waals surface area contributed by atoms with Gasteiger partial charge in [-0.1, -0.05) is 6.92 Å². The smallest absolute Gasteiger partial charge is 0.343 e. The molecule has 2 aromatic heterocycles. The minimum absolute atomic E-state index is 0.0282. The van der Waals surface area contributed by atoms with E-state index in [1.54, 1.807) is 26.0 Å². The molecule has 3 aliphatic heterocycles. The van der Waals surface area contributed by atoms with Gasteiger partial charge in [0, 0.05) is 35.7 Å². The molecule has 1 saturated heterocycles. The van der Waals surface area contributed by atoms with Gasteiger partial charge in [0.25, 0.3) is 5.56 Å². The molecule has 0 bridgehead atoms. The lowest BCUT2D eigenvalue weighted by Crippen LogP contribution is -2.51. The van der Waals surface area contributed by atoms with E-state index in [1.165, 1.54) is 10.6 Å². The number of aromatic nitrogens is 2. The zero-order valence-corrected chi connectivity index (χ0v) is 21.0. The van der Waals surface area contributed by atoms with Gasteiger partial charge in [0.05, 0.1) is 42.2 Å². The van der Waals surface area contributed by atoms with Crippen molar-refractivity contribution in [1.29, 1.82) is 0 Å². The molecule has 0 radical (unpaired) electrons. The number of benzene rings is 1. The molecule has 10 nitrogen and oxygen atoms in total. The van der Waals surface area contributed by atoms with Crippen LogP contribution < -0.4 is 16.2 Å². The van der Waals surface area contributed by atoms with E-state index in [0.717, 1.165) is 5.56 Å². The summed E-state index contributed by atoms with van der Waals surface area (Å²) >= 11 is 0. The van der Waals surface area contributed by atoms with Crippen LogP contribution in [0.4, 0.5) is 4.39 Å². The quantitative estimate of drug-likeness (QED) is 0.340. The summed E-state index contributed by atoms with van der Waals surface area (Å²) in [6.45, 7) is 4.74. The van der Waals surface area contributed by atoms with Crippen LogP contribution in [0.3, 0.4) is 0 Å². The van der Waals surface area contributed by atoms with E-state index < -0.39 is 23.4 Å². The number of cyclic esters (lactones) is 1. The van der Waals surface area contributed by atoms with E-state index in [2.05, 4.69) is 10.6 Å². The van der Waals surface area contributed by atoms with Crippen LogP contribution in [0.1, 0.15) is 41.2 Å². The Morgan fingerprint density at radius 2 is 2.13 bits per heavy atom. The first kappa shape index (κ1) is 24.7. The second-order valence-electron chi connectivity index (χ2n) is 9.94. The highest BCUT2D eigenvalue weighted by atomic mass is 19.1.